The first-order valence-electron chi connectivity index (χ1n) is 6.20. The Morgan fingerprint density at radius 3 is 2.61 bits per heavy atom. The van der Waals surface area contributed by atoms with Crippen molar-refractivity contribution in [3.63, 3.8) is 0 Å². The number of nitrogens with zero attached hydrogens (tertiary/aromatic N) is 4. The maximum atomic E-state index is 4.32. The summed E-state index contributed by atoms with van der Waals surface area (Å²) >= 11 is 0. The number of aromatic nitrogens is 4. The Bertz CT molecular complexity index is 544. The van der Waals surface area contributed by atoms with Crippen molar-refractivity contribution >= 4 is 5.82 Å². The molecule has 0 amide bonds. The van der Waals surface area contributed by atoms with Gasteiger partial charge in [-0.15, -0.1) is 10.2 Å². The van der Waals surface area contributed by atoms with Crippen molar-refractivity contribution in [3.8, 4) is 11.5 Å². The Hall–Kier alpha value is -1.91. The van der Waals surface area contributed by atoms with E-state index >= 15 is 0 Å². The highest BCUT2D eigenvalue weighted by Gasteiger charge is 2.13. The van der Waals surface area contributed by atoms with E-state index in [-0.39, 0.29) is 0 Å². The zero-order valence-electron chi connectivity index (χ0n) is 11.4. The fraction of sp³-hybridized carbons (Fsp3) is 0.462. The number of anilines is 1. The Balaban J connectivity index is 2.41. The second-order valence-corrected chi connectivity index (χ2v) is 4.44. The van der Waals surface area contributed by atoms with Crippen molar-refractivity contribution in [2.45, 2.75) is 27.2 Å². The molecule has 0 saturated heterocycles. The van der Waals surface area contributed by atoms with Gasteiger partial charge in [0.25, 0.3) is 0 Å². The lowest BCUT2D eigenvalue weighted by molar-refractivity contribution is 0.889. The van der Waals surface area contributed by atoms with Crippen molar-refractivity contribution in [2.24, 2.45) is 7.05 Å². The van der Waals surface area contributed by atoms with Crippen LogP contribution in [0.25, 0.3) is 11.5 Å². The van der Waals surface area contributed by atoms with Gasteiger partial charge in [0.15, 0.2) is 11.6 Å². The van der Waals surface area contributed by atoms with Gasteiger partial charge in [0.1, 0.15) is 5.69 Å². The van der Waals surface area contributed by atoms with Gasteiger partial charge in [0, 0.05) is 26.0 Å². The molecule has 0 fully saturated rings. The van der Waals surface area contributed by atoms with Crippen molar-refractivity contribution in [3.05, 3.63) is 23.5 Å². The molecular weight excluding hydrogens is 226 g/mol. The summed E-state index contributed by atoms with van der Waals surface area (Å²) in [6, 6.07) is 0. The molecule has 5 heteroatoms. The highest BCUT2D eigenvalue weighted by Crippen LogP contribution is 2.24. The minimum Gasteiger partial charge on any atom is -0.368 e. The van der Waals surface area contributed by atoms with Crippen LogP contribution in [0.4, 0.5) is 5.82 Å². The predicted octanol–water partition coefficient (Wildman–Crippen LogP) is 2.32. The lowest BCUT2D eigenvalue weighted by Gasteiger charge is -2.12. The first kappa shape index (κ1) is 12.5. The highest BCUT2D eigenvalue weighted by molar-refractivity contribution is 5.61. The molecule has 0 bridgehead atoms. The van der Waals surface area contributed by atoms with E-state index in [1.807, 2.05) is 17.8 Å². The minimum absolute atomic E-state index is 0.849. The van der Waals surface area contributed by atoms with Crippen LogP contribution in [0, 0.1) is 13.8 Å². The van der Waals surface area contributed by atoms with Crippen LogP contribution in [0.3, 0.4) is 0 Å². The van der Waals surface area contributed by atoms with Gasteiger partial charge in [-0.3, -0.25) is 0 Å². The number of nitrogens with one attached hydrogen (secondary N) is 1. The summed E-state index contributed by atoms with van der Waals surface area (Å²) in [6.45, 7) is 7.17. The fourth-order valence-corrected chi connectivity index (χ4v) is 1.82. The first-order valence-corrected chi connectivity index (χ1v) is 6.20. The molecule has 0 aliphatic heterocycles. The van der Waals surface area contributed by atoms with Crippen molar-refractivity contribution in [1.29, 1.82) is 0 Å². The summed E-state index contributed by atoms with van der Waals surface area (Å²) in [6.07, 6.45) is 4.76. The molecule has 2 aromatic heterocycles. The van der Waals surface area contributed by atoms with Gasteiger partial charge in [-0.05, 0) is 31.4 Å². The molecule has 2 heterocycles. The molecule has 96 valence electrons. The van der Waals surface area contributed by atoms with Crippen molar-refractivity contribution in [1.82, 2.24) is 19.7 Å². The summed E-state index contributed by atoms with van der Waals surface area (Å²) < 4.78 is 1.95. The number of hydrogen-bond donors (Lipinski definition) is 1. The van der Waals surface area contributed by atoms with Crippen LogP contribution in [0.15, 0.2) is 12.4 Å². The molecule has 0 aliphatic carbocycles. The van der Waals surface area contributed by atoms with Crippen molar-refractivity contribution < 1.29 is 0 Å². The Kier molecular flexibility index (Phi) is 3.60. The van der Waals surface area contributed by atoms with E-state index in [0.717, 1.165) is 41.4 Å². The number of hydrogen-bond acceptors (Lipinski definition) is 4. The average molecular weight is 245 g/mol. The lowest BCUT2D eigenvalue weighted by Crippen LogP contribution is -2.08. The van der Waals surface area contributed by atoms with Gasteiger partial charge in [-0.25, -0.2) is 4.98 Å². The van der Waals surface area contributed by atoms with E-state index in [1.165, 1.54) is 0 Å². The van der Waals surface area contributed by atoms with Crippen LogP contribution in [-0.4, -0.2) is 26.3 Å². The maximum Gasteiger partial charge on any atom is 0.160 e. The molecule has 0 spiro atoms. The molecular formula is C13H19N5. The molecule has 0 aromatic carbocycles. The van der Waals surface area contributed by atoms with E-state index in [4.69, 9.17) is 0 Å². The zero-order chi connectivity index (χ0) is 13.1. The van der Waals surface area contributed by atoms with Gasteiger partial charge in [-0.1, -0.05) is 6.92 Å². The molecule has 0 radical (unpaired) electrons. The van der Waals surface area contributed by atoms with Crippen LogP contribution in [-0.2, 0) is 7.05 Å². The molecule has 1 N–H and O–H groups in total. The van der Waals surface area contributed by atoms with E-state index < -0.39 is 0 Å². The number of rotatable bonds is 4. The SMILES string of the molecule is CCCNc1nnc(-c2nccn2C)c(C)c1C. The largest absolute Gasteiger partial charge is 0.368 e. The minimum atomic E-state index is 0.849. The van der Waals surface area contributed by atoms with E-state index in [2.05, 4.69) is 41.3 Å². The third-order valence-corrected chi connectivity index (χ3v) is 3.10. The van der Waals surface area contributed by atoms with Crippen LogP contribution >= 0.6 is 0 Å². The van der Waals surface area contributed by atoms with Gasteiger partial charge >= 0.3 is 0 Å². The summed E-state index contributed by atoms with van der Waals surface area (Å²) in [5.41, 5.74) is 3.11. The zero-order valence-corrected chi connectivity index (χ0v) is 11.4. The van der Waals surface area contributed by atoms with Crippen molar-refractivity contribution in [2.75, 3.05) is 11.9 Å². The second-order valence-electron chi connectivity index (χ2n) is 4.44. The van der Waals surface area contributed by atoms with Gasteiger partial charge in [0.2, 0.25) is 0 Å². The van der Waals surface area contributed by atoms with E-state index in [0.29, 0.717) is 0 Å². The Morgan fingerprint density at radius 1 is 1.22 bits per heavy atom. The highest BCUT2D eigenvalue weighted by atomic mass is 15.2. The van der Waals surface area contributed by atoms with Crippen LogP contribution in [0.5, 0.6) is 0 Å². The standard InChI is InChI=1S/C13H19N5/c1-5-6-14-12-10(3)9(2)11(16-17-12)13-15-7-8-18(13)4/h7-8H,5-6H2,1-4H3,(H,14,17). The van der Waals surface area contributed by atoms with E-state index in [9.17, 15) is 0 Å². The quantitative estimate of drug-likeness (QED) is 0.898. The molecule has 0 unspecified atom stereocenters. The third-order valence-electron chi connectivity index (χ3n) is 3.10. The smallest absolute Gasteiger partial charge is 0.160 e. The molecule has 0 saturated carbocycles. The lowest BCUT2D eigenvalue weighted by atomic mass is 10.1. The van der Waals surface area contributed by atoms with Gasteiger partial charge in [0.05, 0.1) is 0 Å². The monoisotopic (exact) mass is 245 g/mol. The molecule has 0 atom stereocenters. The van der Waals surface area contributed by atoms with E-state index in [1.54, 1.807) is 6.20 Å². The third kappa shape index (κ3) is 2.20. The maximum absolute atomic E-state index is 4.32. The Morgan fingerprint density at radius 2 is 2.00 bits per heavy atom. The second kappa shape index (κ2) is 5.16. The summed E-state index contributed by atoms with van der Waals surface area (Å²) in [5, 5.41) is 11.8. The predicted molar refractivity (Wildman–Crippen MR) is 72.5 cm³/mol. The first-order chi connectivity index (χ1) is 8.65. The summed E-state index contributed by atoms with van der Waals surface area (Å²) in [4.78, 5) is 4.32. The average Bonchev–Trinajstić information content (AvgIpc) is 2.77. The molecule has 18 heavy (non-hydrogen) atoms. The number of aryl methyl sites for hydroxylation is 1. The molecule has 2 aromatic rings. The van der Waals surface area contributed by atoms with Crippen LogP contribution in [0.1, 0.15) is 24.5 Å². The Labute approximate surface area is 107 Å². The summed E-state index contributed by atoms with van der Waals surface area (Å²) in [7, 11) is 1.96. The number of imidazole rings is 1. The topological polar surface area (TPSA) is 55.6 Å². The summed E-state index contributed by atoms with van der Waals surface area (Å²) in [5.74, 6) is 1.72. The molecule has 5 nitrogen and oxygen atoms in total. The van der Waals surface area contributed by atoms with Crippen LogP contribution in [0.2, 0.25) is 0 Å². The molecule has 2 rings (SSSR count). The molecule has 0 aliphatic rings. The normalized spacial score (nSPS) is 10.7. The van der Waals surface area contributed by atoms with Gasteiger partial charge in [-0.2, -0.15) is 0 Å². The van der Waals surface area contributed by atoms with Crippen LogP contribution < -0.4 is 5.32 Å². The van der Waals surface area contributed by atoms with Gasteiger partial charge < -0.3 is 9.88 Å². The fourth-order valence-electron chi connectivity index (χ4n) is 1.82.